The minimum absolute atomic E-state index is 0.225. The number of nitrogens with zero attached hydrogens (tertiary/aromatic N) is 4. The highest BCUT2D eigenvalue weighted by molar-refractivity contribution is 5.10. The van der Waals surface area contributed by atoms with Crippen molar-refractivity contribution in [1.29, 1.82) is 0 Å². The van der Waals surface area contributed by atoms with Gasteiger partial charge in [-0.15, -0.1) is 10.2 Å². The highest BCUT2D eigenvalue weighted by Gasteiger charge is 2.26. The molecule has 1 heterocycles. The number of methoxy groups -OCH3 is 4. The van der Waals surface area contributed by atoms with Gasteiger partial charge in [0.15, 0.2) is 17.9 Å². The summed E-state index contributed by atoms with van der Waals surface area (Å²) in [5.74, 6) is 2.33. The first-order chi connectivity index (χ1) is 12.5. The summed E-state index contributed by atoms with van der Waals surface area (Å²) in [7, 11) is 6.74. The van der Waals surface area contributed by atoms with Crippen LogP contribution in [0, 0.1) is 0 Å². The van der Waals surface area contributed by atoms with Gasteiger partial charge in [0.1, 0.15) is 0 Å². The summed E-state index contributed by atoms with van der Waals surface area (Å²) in [6, 6.07) is 0. The zero-order chi connectivity index (χ0) is 19.5. The fourth-order valence-electron chi connectivity index (χ4n) is 2.83. The summed E-state index contributed by atoms with van der Waals surface area (Å²) in [5, 5.41) is 11.2. The van der Waals surface area contributed by atoms with Gasteiger partial charge in [0, 0.05) is 60.0 Å². The average molecular weight is 373 g/mol. The minimum Gasteiger partial charge on any atom is -0.385 e. The predicted octanol–water partition coefficient (Wildman–Crippen LogP) is 2.13. The first-order valence-corrected chi connectivity index (χ1v) is 9.27. The Bertz CT molecular complexity index is 462. The third kappa shape index (κ3) is 6.19. The van der Waals surface area contributed by atoms with E-state index in [9.17, 15) is 0 Å². The molecule has 0 bridgehead atoms. The van der Waals surface area contributed by atoms with E-state index in [4.69, 9.17) is 18.9 Å². The molecule has 152 valence electrons. The molecule has 0 amide bonds. The van der Waals surface area contributed by atoms with Crippen molar-refractivity contribution in [3.63, 3.8) is 0 Å². The molecule has 0 N–H and O–H groups in total. The normalized spacial score (nSPS) is 14.0. The van der Waals surface area contributed by atoms with Crippen molar-refractivity contribution >= 4 is 0 Å². The maximum atomic E-state index is 5.40. The fourth-order valence-corrected chi connectivity index (χ4v) is 2.83. The predicted molar refractivity (Wildman–Crippen MR) is 101 cm³/mol. The summed E-state index contributed by atoms with van der Waals surface area (Å²) in [4.78, 5) is 0. The summed E-state index contributed by atoms with van der Waals surface area (Å²) < 4.78 is 23.4. The second kappa shape index (κ2) is 12.2. The van der Waals surface area contributed by atoms with Gasteiger partial charge in [0.05, 0.1) is 6.54 Å². The molecule has 0 saturated heterocycles. The summed E-state index contributed by atoms with van der Waals surface area (Å²) >= 11 is 0. The SMILES string of the molecule is CCN(CC(OC)OC)n1c(C(C)CCOC)nnc1C(C)CCOC. The maximum Gasteiger partial charge on any atom is 0.175 e. The first kappa shape index (κ1) is 22.8. The van der Waals surface area contributed by atoms with Crippen molar-refractivity contribution in [2.24, 2.45) is 0 Å². The van der Waals surface area contributed by atoms with Gasteiger partial charge in [0.2, 0.25) is 0 Å². The molecule has 0 aromatic carbocycles. The lowest BCUT2D eigenvalue weighted by molar-refractivity contribution is -0.0973. The molecule has 1 aromatic rings. The molecule has 8 nitrogen and oxygen atoms in total. The van der Waals surface area contributed by atoms with Gasteiger partial charge < -0.3 is 24.0 Å². The molecule has 8 heteroatoms. The van der Waals surface area contributed by atoms with Gasteiger partial charge in [-0.2, -0.15) is 0 Å². The Hall–Kier alpha value is -1.22. The molecule has 0 radical (unpaired) electrons. The molecule has 26 heavy (non-hydrogen) atoms. The summed E-state index contributed by atoms with van der Waals surface area (Å²) in [6.07, 6.45) is 1.45. The van der Waals surface area contributed by atoms with Crippen LogP contribution in [0.3, 0.4) is 0 Å². The number of likely N-dealkylation sites (N-methyl/N-ethyl adjacent to an activating group) is 1. The number of aromatic nitrogens is 3. The van der Waals surface area contributed by atoms with Crippen molar-refractivity contribution < 1.29 is 18.9 Å². The monoisotopic (exact) mass is 372 g/mol. The van der Waals surface area contributed by atoms with Crippen LogP contribution in [-0.4, -0.2) is 75.9 Å². The second-order valence-electron chi connectivity index (χ2n) is 6.50. The lowest BCUT2D eigenvalue weighted by Crippen LogP contribution is -2.44. The quantitative estimate of drug-likeness (QED) is 0.463. The number of hydrogen-bond acceptors (Lipinski definition) is 7. The number of hydrogen-bond donors (Lipinski definition) is 0. The molecule has 0 spiro atoms. The average Bonchev–Trinajstić information content (AvgIpc) is 3.10. The van der Waals surface area contributed by atoms with Crippen LogP contribution >= 0.6 is 0 Å². The molecular weight excluding hydrogens is 336 g/mol. The number of rotatable bonds is 14. The smallest absolute Gasteiger partial charge is 0.175 e. The Morgan fingerprint density at radius 1 is 0.885 bits per heavy atom. The zero-order valence-electron chi connectivity index (χ0n) is 17.4. The molecular formula is C18H36N4O4. The molecule has 1 rings (SSSR count). The minimum atomic E-state index is -0.318. The van der Waals surface area contributed by atoms with E-state index in [-0.39, 0.29) is 18.1 Å². The third-order valence-corrected chi connectivity index (χ3v) is 4.61. The Labute approximate surface area is 157 Å². The maximum absolute atomic E-state index is 5.40. The molecule has 0 aliphatic heterocycles. The first-order valence-electron chi connectivity index (χ1n) is 9.27. The topological polar surface area (TPSA) is 70.9 Å². The lowest BCUT2D eigenvalue weighted by atomic mass is 10.1. The summed E-state index contributed by atoms with van der Waals surface area (Å²) in [6.45, 7) is 9.17. The van der Waals surface area contributed by atoms with Crippen molar-refractivity contribution in [2.45, 2.75) is 51.7 Å². The molecule has 1 aromatic heterocycles. The molecule has 0 fully saturated rings. The summed E-state index contributed by atoms with van der Waals surface area (Å²) in [5.41, 5.74) is 0. The van der Waals surface area contributed by atoms with Crippen LogP contribution in [0.1, 0.15) is 57.1 Å². The fraction of sp³-hybridized carbons (Fsp3) is 0.889. The van der Waals surface area contributed by atoms with E-state index in [0.29, 0.717) is 19.8 Å². The molecule has 0 aliphatic rings. The number of ether oxygens (including phenoxy) is 4. The van der Waals surface area contributed by atoms with Crippen molar-refractivity contribution in [1.82, 2.24) is 14.9 Å². The Morgan fingerprint density at radius 2 is 1.35 bits per heavy atom. The van der Waals surface area contributed by atoms with Gasteiger partial charge in [-0.1, -0.05) is 13.8 Å². The largest absolute Gasteiger partial charge is 0.385 e. The van der Waals surface area contributed by atoms with Crippen molar-refractivity contribution in [2.75, 3.05) is 59.8 Å². The van der Waals surface area contributed by atoms with Crippen LogP contribution in [0.5, 0.6) is 0 Å². The van der Waals surface area contributed by atoms with Crippen molar-refractivity contribution in [3.05, 3.63) is 11.6 Å². The van der Waals surface area contributed by atoms with Gasteiger partial charge in [-0.3, -0.25) is 0 Å². The van der Waals surface area contributed by atoms with E-state index in [1.807, 2.05) is 0 Å². The van der Waals surface area contributed by atoms with Crippen LogP contribution in [0.2, 0.25) is 0 Å². The van der Waals surface area contributed by atoms with Gasteiger partial charge in [-0.25, -0.2) is 4.68 Å². The molecule has 2 atom stereocenters. The van der Waals surface area contributed by atoms with E-state index < -0.39 is 0 Å². The molecule has 0 saturated carbocycles. The van der Waals surface area contributed by atoms with Crippen LogP contribution in [-0.2, 0) is 18.9 Å². The Morgan fingerprint density at radius 3 is 1.69 bits per heavy atom. The van der Waals surface area contributed by atoms with Crippen LogP contribution in [0.15, 0.2) is 0 Å². The highest BCUT2D eigenvalue weighted by Crippen LogP contribution is 2.24. The van der Waals surface area contributed by atoms with Crippen molar-refractivity contribution in [3.8, 4) is 0 Å². The highest BCUT2D eigenvalue weighted by atomic mass is 16.7. The van der Waals surface area contributed by atoms with E-state index >= 15 is 0 Å². The van der Waals surface area contributed by atoms with Gasteiger partial charge in [-0.05, 0) is 19.8 Å². The van der Waals surface area contributed by atoms with Crippen LogP contribution in [0.4, 0.5) is 0 Å². The van der Waals surface area contributed by atoms with Gasteiger partial charge >= 0.3 is 0 Å². The molecule has 0 aliphatic carbocycles. The van der Waals surface area contributed by atoms with E-state index in [0.717, 1.165) is 31.0 Å². The van der Waals surface area contributed by atoms with Crippen LogP contribution in [0.25, 0.3) is 0 Å². The van der Waals surface area contributed by atoms with E-state index in [1.54, 1.807) is 28.4 Å². The van der Waals surface area contributed by atoms with Crippen LogP contribution < -0.4 is 5.01 Å². The van der Waals surface area contributed by atoms with Gasteiger partial charge in [0.25, 0.3) is 0 Å². The Balaban J connectivity index is 3.19. The second-order valence-corrected chi connectivity index (χ2v) is 6.50. The Kier molecular flexibility index (Phi) is 10.7. The van der Waals surface area contributed by atoms with E-state index in [1.165, 1.54) is 0 Å². The standard InChI is InChI=1S/C18H36N4O4/c1-8-21(13-16(25-6)26-7)22-17(14(2)9-11-23-4)19-20-18(22)15(3)10-12-24-5/h14-16H,8-13H2,1-7H3. The molecule has 2 unspecified atom stereocenters. The lowest BCUT2D eigenvalue weighted by Gasteiger charge is -2.31. The zero-order valence-corrected chi connectivity index (χ0v) is 17.4. The third-order valence-electron chi connectivity index (χ3n) is 4.61. The van der Waals surface area contributed by atoms with E-state index in [2.05, 4.69) is 40.7 Å².